The summed E-state index contributed by atoms with van der Waals surface area (Å²) in [6.45, 7) is 37.3. The zero-order valence-electron chi connectivity index (χ0n) is 43.2. The molecule has 5 atom stereocenters. The summed E-state index contributed by atoms with van der Waals surface area (Å²) >= 11 is 0. The van der Waals surface area contributed by atoms with Crippen LogP contribution < -0.4 is 15.1 Å². The summed E-state index contributed by atoms with van der Waals surface area (Å²) in [4.78, 5) is 14.3. The van der Waals surface area contributed by atoms with Gasteiger partial charge in [-0.15, -0.1) is 0 Å². The Labute approximate surface area is 398 Å². The molecular weight excluding hydrogens is 853 g/mol. The number of rotatable bonds is 22. The summed E-state index contributed by atoms with van der Waals surface area (Å²) in [6.07, 6.45) is 4.28. The zero-order chi connectivity index (χ0) is 48.4. The second kappa shape index (κ2) is 22.6. The molecule has 0 fully saturated rings. The fourth-order valence-electron chi connectivity index (χ4n) is 7.92. The van der Waals surface area contributed by atoms with Crippen LogP contribution in [0.3, 0.4) is 0 Å². The molecule has 0 aliphatic carbocycles. The molecule has 0 heterocycles. The van der Waals surface area contributed by atoms with Crippen LogP contribution >= 0.6 is 0 Å². The van der Waals surface area contributed by atoms with Gasteiger partial charge in [-0.2, -0.15) is 0 Å². The number of ketones is 1. The highest BCUT2D eigenvalue weighted by atomic mass is 28.4. The topological polar surface area (TPSA) is 63.2 Å². The van der Waals surface area contributed by atoms with Crippen LogP contribution in [0.1, 0.15) is 110 Å². The minimum atomic E-state index is -2.72. The van der Waals surface area contributed by atoms with E-state index in [2.05, 4.69) is 187 Å². The van der Waals surface area contributed by atoms with Gasteiger partial charge in [-0.25, -0.2) is 0 Å². The van der Waals surface area contributed by atoms with E-state index < -0.39 is 31.1 Å². The molecule has 0 bridgehead atoms. The minimum Gasteiger partial charge on any atom is -0.497 e. The Morgan fingerprint density at radius 1 is 0.662 bits per heavy atom. The second-order valence-corrected chi connectivity index (χ2v) is 36.2. The Bertz CT molecular complexity index is 2040. The third kappa shape index (κ3) is 14.1. The van der Waals surface area contributed by atoms with E-state index in [1.807, 2.05) is 43.3 Å². The van der Waals surface area contributed by atoms with Gasteiger partial charge >= 0.3 is 0 Å². The zero-order valence-corrected chi connectivity index (χ0v) is 46.2. The molecule has 0 amide bonds. The largest absolute Gasteiger partial charge is 0.497 e. The number of hydrogen-bond acceptors (Lipinski definition) is 6. The number of hydrogen-bond donors (Lipinski definition) is 0. The van der Waals surface area contributed by atoms with E-state index in [-0.39, 0.29) is 44.9 Å². The van der Waals surface area contributed by atoms with Crippen molar-refractivity contribution in [3.63, 3.8) is 0 Å². The molecule has 356 valence electrons. The summed E-state index contributed by atoms with van der Waals surface area (Å²) in [7, 11) is -5.72. The first-order chi connectivity index (χ1) is 30.2. The number of carbonyl (C=O) groups excluding carboxylic acids is 1. The molecule has 0 spiro atoms. The van der Waals surface area contributed by atoms with Gasteiger partial charge in [0.15, 0.2) is 22.4 Å². The highest BCUT2D eigenvalue weighted by Crippen LogP contribution is 2.41. The fourth-order valence-corrected chi connectivity index (χ4v) is 15.0. The lowest BCUT2D eigenvalue weighted by Gasteiger charge is -2.44. The maximum atomic E-state index is 14.3. The van der Waals surface area contributed by atoms with E-state index in [9.17, 15) is 4.79 Å². The number of carbonyl (C=O) groups is 1. The molecule has 0 saturated carbocycles. The van der Waals surface area contributed by atoms with Crippen LogP contribution in [0.25, 0.3) is 0 Å². The van der Waals surface area contributed by atoms with Gasteiger partial charge in [0, 0.05) is 12.2 Å². The molecule has 4 aromatic rings. The lowest BCUT2D eigenvalue weighted by molar-refractivity contribution is -0.0644. The highest BCUT2D eigenvalue weighted by Gasteiger charge is 2.50. The van der Waals surface area contributed by atoms with Crippen LogP contribution in [0, 0.1) is 18.8 Å². The molecule has 4 aromatic carbocycles. The fraction of sp³-hybridized carbons (Fsp3) is 0.518. The van der Waals surface area contributed by atoms with Crippen LogP contribution in [0.4, 0.5) is 0 Å². The molecule has 6 nitrogen and oxygen atoms in total. The van der Waals surface area contributed by atoms with Gasteiger partial charge in [-0.05, 0) is 101 Å². The van der Waals surface area contributed by atoms with Gasteiger partial charge in [0.1, 0.15) is 11.9 Å². The number of aryl methyl sites for hydroxylation is 1. The SMILES string of the molecule is COc1ccc(CO[C@H]([C@H](C)[C@@H](C)CCO[Si](c2ccccc2)(c2ccccc2)C(C)(C)C)[C@H](/C=C\C[C@@H](O[Si](C)(C)C(C)(C)C)C(=O)c2ccc(C)cc2)O[Si](C)(C)C(C)(C)C)cc1. The quantitative estimate of drug-likeness (QED) is 0.0444. The van der Waals surface area contributed by atoms with Crippen molar-refractivity contribution in [1.82, 2.24) is 0 Å². The average molecular weight is 938 g/mol. The first-order valence-corrected chi connectivity index (χ1v) is 31.6. The van der Waals surface area contributed by atoms with E-state index in [0.717, 1.165) is 23.3 Å². The van der Waals surface area contributed by atoms with Crippen molar-refractivity contribution in [2.45, 2.75) is 162 Å². The molecule has 0 N–H and O–H groups in total. The molecule has 0 aromatic heterocycles. The van der Waals surface area contributed by atoms with Gasteiger partial charge in [0.2, 0.25) is 0 Å². The van der Waals surface area contributed by atoms with Crippen molar-refractivity contribution in [3.8, 4) is 5.75 Å². The highest BCUT2D eigenvalue weighted by molar-refractivity contribution is 6.99. The van der Waals surface area contributed by atoms with E-state index in [4.69, 9.17) is 22.8 Å². The van der Waals surface area contributed by atoms with Crippen molar-refractivity contribution in [2.24, 2.45) is 11.8 Å². The monoisotopic (exact) mass is 937 g/mol. The first-order valence-electron chi connectivity index (χ1n) is 23.9. The molecule has 0 radical (unpaired) electrons. The predicted molar refractivity (Wildman–Crippen MR) is 281 cm³/mol. The lowest BCUT2D eigenvalue weighted by atomic mass is 9.85. The van der Waals surface area contributed by atoms with Crippen molar-refractivity contribution in [1.29, 1.82) is 0 Å². The molecule has 0 aliphatic heterocycles. The van der Waals surface area contributed by atoms with Gasteiger partial charge < -0.3 is 22.8 Å². The molecule has 0 unspecified atom stereocenters. The van der Waals surface area contributed by atoms with E-state index in [0.29, 0.717) is 25.2 Å². The summed E-state index contributed by atoms with van der Waals surface area (Å²) in [5.74, 6) is 1.11. The van der Waals surface area contributed by atoms with Crippen LogP contribution in [0.5, 0.6) is 5.75 Å². The number of methoxy groups -OCH3 is 1. The molecule has 4 rings (SSSR count). The molecular formula is C56H84O6Si3. The first kappa shape index (κ1) is 54.2. The second-order valence-electron chi connectivity index (χ2n) is 22.4. The summed E-state index contributed by atoms with van der Waals surface area (Å²) < 4.78 is 34.5. The van der Waals surface area contributed by atoms with Crippen molar-refractivity contribution >= 4 is 41.1 Å². The Kier molecular flexibility index (Phi) is 18.8. The Balaban J connectivity index is 1.75. The smallest absolute Gasteiger partial charge is 0.261 e. The standard InChI is InChI=1S/C56H84O6Si3/c1-42-31-35-46(36-32-42)52(57)50(61-63(14,15)54(4,5)6)29-24-30-51(62-64(16,17)55(7,8)9)53(59-41-45-33-37-47(58-13)38-34-45)44(3)43(2)39-40-60-65(56(10,11)12,48-25-20-18-21-26-48)49-27-22-19-23-28-49/h18-28,30-38,43-44,50-51,53H,29,39-41H2,1-17H3/b30-24-/t43-,44+,50+,51-,53+/m0/s1. The van der Waals surface area contributed by atoms with Crippen molar-refractivity contribution in [3.05, 3.63) is 138 Å². The molecule has 0 saturated heterocycles. The van der Waals surface area contributed by atoms with Crippen LogP contribution in [0.2, 0.25) is 41.3 Å². The predicted octanol–water partition coefficient (Wildman–Crippen LogP) is 13.7. The average Bonchev–Trinajstić information content (AvgIpc) is 3.24. The van der Waals surface area contributed by atoms with Gasteiger partial charge in [-0.3, -0.25) is 4.79 Å². The van der Waals surface area contributed by atoms with Crippen LogP contribution in [-0.4, -0.2) is 62.8 Å². The van der Waals surface area contributed by atoms with E-state index in [1.165, 1.54) is 10.4 Å². The lowest BCUT2D eigenvalue weighted by Crippen LogP contribution is -2.66. The van der Waals surface area contributed by atoms with E-state index >= 15 is 0 Å². The summed E-state index contributed by atoms with van der Waals surface area (Å²) in [5.41, 5.74) is 2.85. The van der Waals surface area contributed by atoms with Crippen LogP contribution in [0.15, 0.2) is 121 Å². The minimum absolute atomic E-state index is 0.0107. The molecule has 0 aliphatic rings. The number of Topliss-reactive ketones (excluding diaryl/α,β-unsaturated/α-hetero) is 1. The Morgan fingerprint density at radius 3 is 1.65 bits per heavy atom. The van der Waals surface area contributed by atoms with Gasteiger partial charge in [0.05, 0.1) is 25.9 Å². The molecule has 9 heteroatoms. The Hall–Kier alpha value is -3.42. The molecule has 65 heavy (non-hydrogen) atoms. The number of ether oxygens (including phenoxy) is 2. The van der Waals surface area contributed by atoms with Crippen LogP contribution in [-0.2, 0) is 24.6 Å². The third-order valence-corrected chi connectivity index (χ3v) is 28.4. The number of benzene rings is 4. The summed E-state index contributed by atoms with van der Waals surface area (Å²) in [5, 5.41) is 2.33. The van der Waals surface area contributed by atoms with E-state index in [1.54, 1.807) is 7.11 Å². The maximum absolute atomic E-state index is 14.3. The third-order valence-electron chi connectivity index (χ3n) is 14.4. The van der Waals surface area contributed by atoms with Crippen molar-refractivity contribution in [2.75, 3.05) is 13.7 Å². The maximum Gasteiger partial charge on any atom is 0.261 e. The summed E-state index contributed by atoms with van der Waals surface area (Å²) in [6, 6.07) is 37.7. The van der Waals surface area contributed by atoms with Crippen molar-refractivity contribution < 1.29 is 27.5 Å². The Morgan fingerprint density at radius 2 is 1.17 bits per heavy atom. The van der Waals surface area contributed by atoms with Gasteiger partial charge in [0.25, 0.3) is 8.32 Å². The van der Waals surface area contributed by atoms with Gasteiger partial charge in [-0.1, -0.05) is 191 Å². The normalized spacial score (nSPS) is 15.6.